The van der Waals surface area contributed by atoms with Crippen molar-refractivity contribution in [3.05, 3.63) is 70.2 Å². The van der Waals surface area contributed by atoms with Crippen LogP contribution in [0, 0.1) is 6.92 Å². The van der Waals surface area contributed by atoms with Crippen LogP contribution in [-0.2, 0) is 5.54 Å². The van der Waals surface area contributed by atoms with E-state index >= 15 is 0 Å². The van der Waals surface area contributed by atoms with Crippen LogP contribution in [0.25, 0.3) is 0 Å². The minimum atomic E-state index is -0.563. The number of hydrogen-bond acceptors (Lipinski definition) is 1. The van der Waals surface area contributed by atoms with Crippen LogP contribution < -0.4 is 5.73 Å². The molecule has 0 saturated carbocycles. The molecule has 0 heterocycles. The van der Waals surface area contributed by atoms with E-state index in [1.165, 1.54) is 5.56 Å². The largest absolute Gasteiger partial charge is 0.318 e. The molecule has 0 radical (unpaired) electrons. The van der Waals surface area contributed by atoms with Gasteiger partial charge < -0.3 is 5.73 Å². The zero-order valence-corrected chi connectivity index (χ0v) is 10.8. The van der Waals surface area contributed by atoms with Gasteiger partial charge in [-0.2, -0.15) is 0 Å². The second-order valence-corrected chi connectivity index (χ2v) is 4.96. The van der Waals surface area contributed by atoms with Crippen molar-refractivity contribution in [2.45, 2.75) is 19.4 Å². The molecular weight excluding hydrogens is 230 g/mol. The molecule has 0 aliphatic carbocycles. The molecule has 17 heavy (non-hydrogen) atoms. The van der Waals surface area contributed by atoms with Crippen molar-refractivity contribution < 1.29 is 0 Å². The highest BCUT2D eigenvalue weighted by atomic mass is 35.5. The highest BCUT2D eigenvalue weighted by molar-refractivity contribution is 6.31. The van der Waals surface area contributed by atoms with Gasteiger partial charge in [-0.3, -0.25) is 0 Å². The minimum absolute atomic E-state index is 0.563. The van der Waals surface area contributed by atoms with Gasteiger partial charge in [0.2, 0.25) is 0 Å². The van der Waals surface area contributed by atoms with E-state index in [9.17, 15) is 0 Å². The molecule has 0 spiro atoms. The van der Waals surface area contributed by atoms with Crippen LogP contribution in [-0.4, -0.2) is 0 Å². The van der Waals surface area contributed by atoms with E-state index in [4.69, 9.17) is 17.3 Å². The predicted octanol–water partition coefficient (Wildman–Crippen LogP) is 3.87. The first kappa shape index (κ1) is 12.2. The topological polar surface area (TPSA) is 26.0 Å². The van der Waals surface area contributed by atoms with Crippen LogP contribution >= 0.6 is 11.6 Å². The Bertz CT molecular complexity index is 515. The van der Waals surface area contributed by atoms with Crippen LogP contribution in [0.15, 0.2) is 48.5 Å². The summed E-state index contributed by atoms with van der Waals surface area (Å²) in [4.78, 5) is 0. The standard InChI is InChI=1S/C15H16ClN/c1-11-7-9-12(10-8-11)15(2,17)13-5-3-4-6-14(13)16/h3-10H,17H2,1-2H3. The number of nitrogens with two attached hydrogens (primary N) is 1. The number of benzene rings is 2. The van der Waals surface area contributed by atoms with Gasteiger partial charge >= 0.3 is 0 Å². The molecule has 2 aromatic carbocycles. The molecule has 0 fully saturated rings. The van der Waals surface area contributed by atoms with Crippen molar-refractivity contribution in [1.82, 2.24) is 0 Å². The first-order valence-electron chi connectivity index (χ1n) is 5.63. The fourth-order valence-corrected chi connectivity index (χ4v) is 2.27. The van der Waals surface area contributed by atoms with Crippen molar-refractivity contribution >= 4 is 11.6 Å². The average Bonchev–Trinajstić information content (AvgIpc) is 2.30. The van der Waals surface area contributed by atoms with Crippen LogP contribution in [0.1, 0.15) is 23.6 Å². The van der Waals surface area contributed by atoms with Gasteiger partial charge in [0.25, 0.3) is 0 Å². The first-order valence-corrected chi connectivity index (χ1v) is 6.00. The van der Waals surface area contributed by atoms with Crippen LogP contribution in [0.4, 0.5) is 0 Å². The summed E-state index contributed by atoms with van der Waals surface area (Å²) < 4.78 is 0. The summed E-state index contributed by atoms with van der Waals surface area (Å²) >= 11 is 6.21. The number of rotatable bonds is 2. The number of hydrogen-bond donors (Lipinski definition) is 1. The summed E-state index contributed by atoms with van der Waals surface area (Å²) in [5.41, 5.74) is 9.10. The van der Waals surface area contributed by atoms with Gasteiger partial charge in [-0.25, -0.2) is 0 Å². The Kier molecular flexibility index (Phi) is 3.23. The molecule has 0 amide bonds. The molecule has 1 unspecified atom stereocenters. The van der Waals surface area contributed by atoms with E-state index < -0.39 is 5.54 Å². The Balaban J connectivity index is 2.49. The highest BCUT2D eigenvalue weighted by Gasteiger charge is 2.25. The summed E-state index contributed by atoms with van der Waals surface area (Å²) in [5.74, 6) is 0. The number of halogens is 1. The molecule has 0 bridgehead atoms. The van der Waals surface area contributed by atoms with E-state index in [1.807, 2.05) is 31.2 Å². The third-order valence-electron chi connectivity index (χ3n) is 3.08. The Morgan fingerprint density at radius 3 is 2.18 bits per heavy atom. The molecular formula is C15H16ClN. The lowest BCUT2D eigenvalue weighted by molar-refractivity contribution is 0.603. The van der Waals surface area contributed by atoms with Crippen LogP contribution in [0.3, 0.4) is 0 Å². The van der Waals surface area contributed by atoms with Crippen molar-refractivity contribution in [2.24, 2.45) is 5.73 Å². The minimum Gasteiger partial charge on any atom is -0.318 e. The van der Waals surface area contributed by atoms with Gasteiger partial charge in [0.15, 0.2) is 0 Å². The highest BCUT2D eigenvalue weighted by Crippen LogP contribution is 2.31. The smallest absolute Gasteiger partial charge is 0.0651 e. The van der Waals surface area contributed by atoms with Crippen LogP contribution in [0.5, 0.6) is 0 Å². The third kappa shape index (κ3) is 2.36. The van der Waals surface area contributed by atoms with Crippen molar-refractivity contribution in [1.29, 1.82) is 0 Å². The van der Waals surface area contributed by atoms with E-state index in [0.29, 0.717) is 5.02 Å². The fourth-order valence-electron chi connectivity index (χ4n) is 1.94. The summed E-state index contributed by atoms with van der Waals surface area (Å²) in [6, 6.07) is 16.0. The quantitative estimate of drug-likeness (QED) is 0.854. The molecule has 2 aromatic rings. The van der Waals surface area contributed by atoms with Crippen molar-refractivity contribution in [3.8, 4) is 0 Å². The van der Waals surface area contributed by atoms with Gasteiger partial charge in [0.05, 0.1) is 5.54 Å². The van der Waals surface area contributed by atoms with Crippen molar-refractivity contribution in [3.63, 3.8) is 0 Å². The predicted molar refractivity (Wildman–Crippen MR) is 73.3 cm³/mol. The third-order valence-corrected chi connectivity index (χ3v) is 3.41. The number of aryl methyl sites for hydroxylation is 1. The SMILES string of the molecule is Cc1ccc(C(C)(N)c2ccccc2Cl)cc1. The fraction of sp³-hybridized carbons (Fsp3) is 0.200. The zero-order valence-electron chi connectivity index (χ0n) is 10.1. The van der Waals surface area contributed by atoms with E-state index in [2.05, 4.69) is 31.2 Å². The second-order valence-electron chi connectivity index (χ2n) is 4.55. The lowest BCUT2D eigenvalue weighted by Gasteiger charge is -2.27. The summed E-state index contributed by atoms with van der Waals surface area (Å²) in [7, 11) is 0. The van der Waals surface area contributed by atoms with Gasteiger partial charge in [-0.15, -0.1) is 0 Å². The molecule has 0 aliphatic heterocycles. The molecule has 0 aromatic heterocycles. The lowest BCUT2D eigenvalue weighted by atomic mass is 9.85. The Morgan fingerprint density at radius 2 is 1.59 bits per heavy atom. The average molecular weight is 246 g/mol. The Hall–Kier alpha value is -1.31. The first-order chi connectivity index (χ1) is 8.01. The maximum absolute atomic E-state index is 6.43. The summed E-state index contributed by atoms with van der Waals surface area (Å²) in [6.45, 7) is 4.05. The summed E-state index contributed by atoms with van der Waals surface area (Å²) in [6.07, 6.45) is 0. The molecule has 88 valence electrons. The van der Waals surface area contributed by atoms with Gasteiger partial charge in [0, 0.05) is 5.02 Å². The maximum Gasteiger partial charge on any atom is 0.0651 e. The molecule has 0 aliphatic rings. The molecule has 1 nitrogen and oxygen atoms in total. The normalized spacial score (nSPS) is 14.4. The molecule has 1 atom stereocenters. The Labute approximate surface area is 107 Å². The van der Waals surface area contributed by atoms with Gasteiger partial charge in [-0.1, -0.05) is 59.6 Å². The van der Waals surface area contributed by atoms with E-state index in [0.717, 1.165) is 11.1 Å². The van der Waals surface area contributed by atoms with E-state index in [1.54, 1.807) is 0 Å². The lowest BCUT2D eigenvalue weighted by Crippen LogP contribution is -2.34. The van der Waals surface area contributed by atoms with E-state index in [-0.39, 0.29) is 0 Å². The van der Waals surface area contributed by atoms with Gasteiger partial charge in [0.1, 0.15) is 0 Å². The van der Waals surface area contributed by atoms with Gasteiger partial charge in [-0.05, 0) is 31.0 Å². The van der Waals surface area contributed by atoms with Crippen LogP contribution in [0.2, 0.25) is 5.02 Å². The Morgan fingerprint density at radius 1 is 1.00 bits per heavy atom. The molecule has 2 rings (SSSR count). The second kappa shape index (κ2) is 4.52. The summed E-state index contributed by atoms with van der Waals surface area (Å²) in [5, 5.41) is 0.707. The zero-order chi connectivity index (χ0) is 12.5. The maximum atomic E-state index is 6.43. The molecule has 2 N–H and O–H groups in total. The molecule has 0 saturated heterocycles. The molecule has 2 heteroatoms. The van der Waals surface area contributed by atoms with Crippen molar-refractivity contribution in [2.75, 3.05) is 0 Å². The monoisotopic (exact) mass is 245 g/mol.